The number of carbonyl (C=O) groups is 1. The van der Waals surface area contributed by atoms with Gasteiger partial charge in [-0.1, -0.05) is 0 Å². The van der Waals surface area contributed by atoms with Gasteiger partial charge in [-0.25, -0.2) is 9.97 Å². The van der Waals surface area contributed by atoms with Crippen LogP contribution in [-0.4, -0.2) is 60.7 Å². The van der Waals surface area contributed by atoms with Crippen molar-refractivity contribution in [2.24, 2.45) is 0 Å². The van der Waals surface area contributed by atoms with E-state index in [0.29, 0.717) is 32.8 Å². The van der Waals surface area contributed by atoms with E-state index in [1.165, 1.54) is 10.4 Å². The summed E-state index contributed by atoms with van der Waals surface area (Å²) >= 11 is 1.67. The summed E-state index contributed by atoms with van der Waals surface area (Å²) < 4.78 is 5.29. The summed E-state index contributed by atoms with van der Waals surface area (Å²) in [5, 5.41) is 1.06. The Bertz CT molecular complexity index is 694. The maximum Gasteiger partial charge on any atom is 0.242 e. The molecule has 2 aromatic heterocycles. The Kier molecular flexibility index (Phi) is 4.26. The number of hydrogen-bond acceptors (Lipinski definition) is 6. The highest BCUT2D eigenvalue weighted by molar-refractivity contribution is 7.18. The first-order valence-corrected chi connectivity index (χ1v) is 8.17. The van der Waals surface area contributed by atoms with Gasteiger partial charge in [0.2, 0.25) is 5.91 Å². The predicted molar refractivity (Wildman–Crippen MR) is 87.6 cm³/mol. The molecule has 0 saturated carbocycles. The molecular weight excluding hydrogens is 300 g/mol. The molecule has 0 radical (unpaired) electrons. The minimum Gasteiger partial charge on any atom is -0.378 e. The molecule has 1 amide bonds. The number of fused-ring (bicyclic) bond motifs is 1. The van der Waals surface area contributed by atoms with Crippen LogP contribution >= 0.6 is 11.3 Å². The summed E-state index contributed by atoms with van der Waals surface area (Å²) in [6.07, 6.45) is 1.57. The van der Waals surface area contributed by atoms with Gasteiger partial charge >= 0.3 is 0 Å². The molecule has 1 saturated heterocycles. The summed E-state index contributed by atoms with van der Waals surface area (Å²) in [5.74, 6) is 0.940. The molecule has 22 heavy (non-hydrogen) atoms. The number of morpholine rings is 1. The quantitative estimate of drug-likeness (QED) is 0.860. The van der Waals surface area contributed by atoms with Gasteiger partial charge in [0.25, 0.3) is 0 Å². The van der Waals surface area contributed by atoms with E-state index in [2.05, 4.69) is 23.8 Å². The average Bonchev–Trinajstić information content (AvgIpc) is 2.83. The molecule has 1 aliphatic rings. The van der Waals surface area contributed by atoms with Crippen molar-refractivity contribution >= 4 is 33.3 Å². The molecule has 118 valence electrons. The summed E-state index contributed by atoms with van der Waals surface area (Å²) in [6, 6.07) is 0. The van der Waals surface area contributed by atoms with E-state index in [4.69, 9.17) is 4.74 Å². The van der Waals surface area contributed by atoms with E-state index in [-0.39, 0.29) is 5.91 Å². The number of carbonyl (C=O) groups excluding carboxylic acids is 1. The van der Waals surface area contributed by atoms with E-state index in [1.807, 2.05) is 16.8 Å². The smallest absolute Gasteiger partial charge is 0.242 e. The molecule has 2 aromatic rings. The highest BCUT2D eigenvalue weighted by Gasteiger charge is 2.21. The fourth-order valence-electron chi connectivity index (χ4n) is 2.64. The van der Waals surface area contributed by atoms with Gasteiger partial charge in [-0.05, 0) is 19.4 Å². The summed E-state index contributed by atoms with van der Waals surface area (Å²) in [4.78, 5) is 27.1. The summed E-state index contributed by atoms with van der Waals surface area (Å²) in [7, 11) is 1.91. The summed E-state index contributed by atoms with van der Waals surface area (Å²) in [5.41, 5.74) is 1.20. The lowest BCUT2D eigenvalue weighted by atomic mass is 10.2. The summed E-state index contributed by atoms with van der Waals surface area (Å²) in [6.45, 7) is 7.07. The highest BCUT2D eigenvalue weighted by Crippen LogP contribution is 2.33. The van der Waals surface area contributed by atoms with Crippen LogP contribution in [0.1, 0.15) is 10.4 Å². The molecular formula is C15H20N4O2S. The van der Waals surface area contributed by atoms with Crippen molar-refractivity contribution in [3.8, 4) is 0 Å². The van der Waals surface area contributed by atoms with E-state index >= 15 is 0 Å². The van der Waals surface area contributed by atoms with E-state index in [9.17, 15) is 4.79 Å². The number of anilines is 1. The Hall–Kier alpha value is -1.73. The third-order valence-corrected chi connectivity index (χ3v) is 5.16. The van der Waals surface area contributed by atoms with Crippen LogP contribution in [0, 0.1) is 13.8 Å². The Morgan fingerprint density at radius 3 is 2.82 bits per heavy atom. The van der Waals surface area contributed by atoms with Gasteiger partial charge in [0.05, 0.1) is 25.1 Å². The largest absolute Gasteiger partial charge is 0.378 e. The van der Waals surface area contributed by atoms with Crippen LogP contribution in [0.15, 0.2) is 6.33 Å². The van der Waals surface area contributed by atoms with Crippen LogP contribution in [0.4, 0.5) is 5.82 Å². The maximum absolute atomic E-state index is 12.4. The third kappa shape index (κ3) is 2.78. The van der Waals surface area contributed by atoms with Gasteiger partial charge in [0.1, 0.15) is 17.0 Å². The average molecular weight is 320 g/mol. The number of aromatic nitrogens is 2. The Morgan fingerprint density at radius 2 is 2.09 bits per heavy atom. The molecule has 6 nitrogen and oxygen atoms in total. The topological polar surface area (TPSA) is 58.6 Å². The van der Waals surface area contributed by atoms with Crippen molar-refractivity contribution < 1.29 is 9.53 Å². The van der Waals surface area contributed by atoms with Gasteiger partial charge in [-0.2, -0.15) is 0 Å². The number of ether oxygens (including phenoxy) is 1. The van der Waals surface area contributed by atoms with Crippen molar-refractivity contribution in [2.75, 3.05) is 44.8 Å². The number of aryl methyl sites for hydroxylation is 2. The fraction of sp³-hybridized carbons (Fsp3) is 0.533. The number of amides is 1. The highest BCUT2D eigenvalue weighted by atomic mass is 32.1. The zero-order chi connectivity index (χ0) is 15.7. The number of nitrogens with zero attached hydrogens (tertiary/aromatic N) is 4. The second-order valence-corrected chi connectivity index (χ2v) is 6.71. The molecule has 0 atom stereocenters. The zero-order valence-electron chi connectivity index (χ0n) is 13.1. The molecule has 0 aromatic carbocycles. The molecule has 0 aliphatic carbocycles. The molecule has 0 spiro atoms. The second-order valence-electron chi connectivity index (χ2n) is 5.51. The lowest BCUT2D eigenvalue weighted by Crippen LogP contribution is -2.45. The van der Waals surface area contributed by atoms with E-state index in [0.717, 1.165) is 16.0 Å². The first kappa shape index (κ1) is 15.2. The normalized spacial score (nSPS) is 15.3. The molecule has 0 bridgehead atoms. The van der Waals surface area contributed by atoms with Crippen molar-refractivity contribution in [1.29, 1.82) is 0 Å². The van der Waals surface area contributed by atoms with E-state index < -0.39 is 0 Å². The third-order valence-electron chi connectivity index (χ3n) is 4.04. The maximum atomic E-state index is 12.4. The molecule has 0 N–H and O–H groups in total. The standard InChI is InChI=1S/C15H20N4O2S/c1-10-11(2)22-15-13(10)14(16-9-17-15)18(3)8-12(20)19-4-6-21-7-5-19/h9H,4-8H2,1-3H3. The number of hydrogen-bond donors (Lipinski definition) is 0. The van der Waals surface area contributed by atoms with Crippen molar-refractivity contribution in [1.82, 2.24) is 14.9 Å². The molecule has 3 heterocycles. The minimum absolute atomic E-state index is 0.113. The molecule has 1 fully saturated rings. The fourth-order valence-corrected chi connectivity index (χ4v) is 3.64. The molecule has 1 aliphatic heterocycles. The Balaban J connectivity index is 1.83. The lowest BCUT2D eigenvalue weighted by molar-refractivity contribution is -0.133. The second kappa shape index (κ2) is 6.18. The van der Waals surface area contributed by atoms with Gasteiger partial charge in [-0.15, -0.1) is 11.3 Å². The van der Waals surface area contributed by atoms with E-state index in [1.54, 1.807) is 17.7 Å². The van der Waals surface area contributed by atoms with Crippen LogP contribution in [0.2, 0.25) is 0 Å². The minimum atomic E-state index is 0.113. The molecule has 0 unspecified atom stereocenters. The van der Waals surface area contributed by atoms with Gasteiger partial charge in [0.15, 0.2) is 0 Å². The van der Waals surface area contributed by atoms with Crippen molar-refractivity contribution in [3.63, 3.8) is 0 Å². The van der Waals surface area contributed by atoms with Crippen LogP contribution < -0.4 is 4.90 Å². The molecule has 3 rings (SSSR count). The monoisotopic (exact) mass is 320 g/mol. The number of likely N-dealkylation sites (N-methyl/N-ethyl adjacent to an activating group) is 1. The van der Waals surface area contributed by atoms with Crippen LogP contribution in [0.3, 0.4) is 0 Å². The Morgan fingerprint density at radius 1 is 1.36 bits per heavy atom. The SMILES string of the molecule is Cc1sc2ncnc(N(C)CC(=O)N3CCOCC3)c2c1C. The van der Waals surface area contributed by atoms with Crippen molar-refractivity contribution in [2.45, 2.75) is 13.8 Å². The van der Waals surface area contributed by atoms with Crippen LogP contribution in [0.25, 0.3) is 10.2 Å². The lowest BCUT2D eigenvalue weighted by Gasteiger charge is -2.29. The van der Waals surface area contributed by atoms with Gasteiger partial charge in [0, 0.05) is 25.0 Å². The van der Waals surface area contributed by atoms with Crippen LogP contribution in [-0.2, 0) is 9.53 Å². The number of rotatable bonds is 3. The first-order chi connectivity index (χ1) is 10.6. The first-order valence-electron chi connectivity index (χ1n) is 7.35. The van der Waals surface area contributed by atoms with Gasteiger partial charge < -0.3 is 14.5 Å². The number of thiophene rings is 1. The zero-order valence-corrected chi connectivity index (χ0v) is 13.9. The molecule has 7 heteroatoms. The van der Waals surface area contributed by atoms with Crippen LogP contribution in [0.5, 0.6) is 0 Å². The van der Waals surface area contributed by atoms with Crippen molar-refractivity contribution in [3.05, 3.63) is 16.8 Å². The predicted octanol–water partition coefficient (Wildman–Crippen LogP) is 1.60. The van der Waals surface area contributed by atoms with Gasteiger partial charge in [-0.3, -0.25) is 4.79 Å². The Labute approximate surface area is 133 Å².